The molecule has 3 nitrogen and oxygen atoms in total. The van der Waals surface area contributed by atoms with Crippen molar-refractivity contribution in [2.45, 2.75) is 5.79 Å². The molecule has 0 spiro atoms. The van der Waals surface area contributed by atoms with E-state index in [2.05, 4.69) is 5.92 Å². The van der Waals surface area contributed by atoms with Gasteiger partial charge in [0, 0.05) is 16.1 Å². The Balaban J connectivity index is 2.18. The lowest BCUT2D eigenvalue weighted by Crippen LogP contribution is -2.31. The molecule has 2 aromatic carbocycles. The van der Waals surface area contributed by atoms with Crippen LogP contribution in [-0.4, -0.2) is 12.6 Å². The summed E-state index contributed by atoms with van der Waals surface area (Å²) in [5, 5.41) is 0.587. The van der Waals surface area contributed by atoms with Crippen LogP contribution in [0.2, 0.25) is 5.02 Å². The fourth-order valence-corrected chi connectivity index (χ4v) is 2.53. The van der Waals surface area contributed by atoms with E-state index in [0.717, 1.165) is 0 Å². The maximum absolute atomic E-state index is 12.1. The van der Waals surface area contributed by atoms with Gasteiger partial charge < -0.3 is 9.47 Å². The number of esters is 1. The third-order valence-electron chi connectivity index (χ3n) is 3.32. The van der Waals surface area contributed by atoms with Gasteiger partial charge in [0.15, 0.2) is 0 Å². The summed E-state index contributed by atoms with van der Waals surface area (Å²) in [4.78, 5) is 12.1. The number of carbonyl (C=O) groups is 1. The second-order valence-corrected chi connectivity index (χ2v) is 4.99. The maximum Gasteiger partial charge on any atom is 0.341 e. The first kappa shape index (κ1) is 13.7. The summed E-state index contributed by atoms with van der Waals surface area (Å²) >= 11 is 5.92. The number of cyclic esters (lactones) is 1. The Labute approximate surface area is 127 Å². The third-order valence-corrected chi connectivity index (χ3v) is 3.57. The molecule has 0 N–H and O–H groups in total. The van der Waals surface area contributed by atoms with E-state index in [0.29, 0.717) is 21.7 Å². The van der Waals surface area contributed by atoms with Crippen LogP contribution in [0.25, 0.3) is 0 Å². The first-order valence-corrected chi connectivity index (χ1v) is 6.71. The van der Waals surface area contributed by atoms with E-state index in [9.17, 15) is 4.79 Å². The molecule has 0 aromatic heterocycles. The molecular formula is C17H11ClO3. The number of ether oxygens (including phenoxy) is 2. The van der Waals surface area contributed by atoms with Crippen LogP contribution in [0, 0.1) is 12.3 Å². The Morgan fingerprint density at radius 3 is 2.62 bits per heavy atom. The van der Waals surface area contributed by atoms with E-state index < -0.39 is 11.8 Å². The number of terminal acetylenes is 1. The van der Waals surface area contributed by atoms with Crippen molar-refractivity contribution in [3.63, 3.8) is 0 Å². The van der Waals surface area contributed by atoms with Crippen molar-refractivity contribution in [1.82, 2.24) is 0 Å². The number of benzene rings is 2. The maximum atomic E-state index is 12.1. The second-order valence-electron chi connectivity index (χ2n) is 4.55. The van der Waals surface area contributed by atoms with Crippen LogP contribution in [0.4, 0.5) is 0 Å². The Hall–Kier alpha value is -2.28. The van der Waals surface area contributed by atoms with Gasteiger partial charge in [0.1, 0.15) is 6.61 Å². The molecule has 1 aliphatic rings. The van der Waals surface area contributed by atoms with Crippen molar-refractivity contribution in [3.8, 4) is 12.3 Å². The number of halogens is 1. The molecular weight excluding hydrogens is 288 g/mol. The van der Waals surface area contributed by atoms with Gasteiger partial charge in [-0.05, 0) is 18.2 Å². The van der Waals surface area contributed by atoms with E-state index in [4.69, 9.17) is 27.5 Å². The van der Waals surface area contributed by atoms with Crippen LogP contribution >= 0.6 is 11.6 Å². The monoisotopic (exact) mass is 298 g/mol. The quantitative estimate of drug-likeness (QED) is 0.644. The molecule has 4 heteroatoms. The summed E-state index contributed by atoms with van der Waals surface area (Å²) in [6.07, 6.45) is 5.29. The molecule has 104 valence electrons. The van der Waals surface area contributed by atoms with Gasteiger partial charge in [-0.2, -0.15) is 0 Å². The number of hydrogen-bond donors (Lipinski definition) is 0. The van der Waals surface area contributed by atoms with Gasteiger partial charge in [0.25, 0.3) is 5.79 Å². The van der Waals surface area contributed by atoms with Gasteiger partial charge in [-0.25, -0.2) is 4.79 Å². The number of fused-ring (bicyclic) bond motifs is 1. The SMILES string of the molecule is C#CCOC1(c2ccc(Cl)cc2)OC(=O)c2ccccc21. The van der Waals surface area contributed by atoms with Gasteiger partial charge in [-0.1, -0.05) is 47.9 Å². The molecule has 0 amide bonds. The zero-order valence-corrected chi connectivity index (χ0v) is 11.8. The lowest BCUT2D eigenvalue weighted by molar-refractivity contribution is -0.165. The molecule has 3 rings (SSSR count). The van der Waals surface area contributed by atoms with E-state index in [1.54, 1.807) is 42.5 Å². The number of rotatable bonds is 3. The lowest BCUT2D eigenvalue weighted by atomic mass is 9.95. The molecule has 21 heavy (non-hydrogen) atoms. The molecule has 0 aliphatic carbocycles. The fourth-order valence-electron chi connectivity index (χ4n) is 2.41. The zero-order valence-electron chi connectivity index (χ0n) is 11.0. The minimum Gasteiger partial charge on any atom is -0.420 e. The van der Waals surface area contributed by atoms with Gasteiger partial charge in [-0.3, -0.25) is 0 Å². The van der Waals surface area contributed by atoms with Crippen LogP contribution in [0.1, 0.15) is 21.5 Å². The predicted octanol–water partition coefficient (Wildman–Crippen LogP) is 3.36. The van der Waals surface area contributed by atoms with E-state index in [-0.39, 0.29) is 6.61 Å². The average molecular weight is 299 g/mol. The Kier molecular flexibility index (Phi) is 3.42. The molecule has 0 fully saturated rings. The number of hydrogen-bond acceptors (Lipinski definition) is 3. The Morgan fingerprint density at radius 2 is 1.90 bits per heavy atom. The third kappa shape index (κ3) is 2.19. The van der Waals surface area contributed by atoms with Crippen molar-refractivity contribution < 1.29 is 14.3 Å². The molecule has 2 aromatic rings. The van der Waals surface area contributed by atoms with Crippen molar-refractivity contribution >= 4 is 17.6 Å². The van der Waals surface area contributed by atoms with Crippen LogP contribution in [0.15, 0.2) is 48.5 Å². The van der Waals surface area contributed by atoms with Crippen molar-refractivity contribution in [1.29, 1.82) is 0 Å². The molecule has 0 saturated carbocycles. The molecule has 1 atom stereocenters. The standard InChI is InChI=1S/C17H11ClO3/c1-2-11-20-17(12-7-9-13(18)10-8-12)15-6-4-3-5-14(15)16(19)21-17/h1,3-10H,11H2. The molecule has 1 heterocycles. The van der Waals surface area contributed by atoms with Gasteiger partial charge in [0.05, 0.1) is 5.56 Å². The topological polar surface area (TPSA) is 35.5 Å². The summed E-state index contributed by atoms with van der Waals surface area (Å²) < 4.78 is 11.3. The van der Waals surface area contributed by atoms with E-state index >= 15 is 0 Å². The zero-order chi connectivity index (χ0) is 14.9. The van der Waals surface area contributed by atoms with Crippen molar-refractivity contribution in [2.75, 3.05) is 6.61 Å². The normalized spacial score (nSPS) is 19.7. The highest BCUT2D eigenvalue weighted by molar-refractivity contribution is 6.30. The smallest absolute Gasteiger partial charge is 0.341 e. The Bertz CT molecular complexity index is 730. The predicted molar refractivity (Wildman–Crippen MR) is 78.9 cm³/mol. The minimum absolute atomic E-state index is 0.0181. The first-order valence-electron chi connectivity index (χ1n) is 6.34. The fraction of sp³-hybridized carbons (Fsp3) is 0.118. The van der Waals surface area contributed by atoms with Crippen molar-refractivity contribution in [2.24, 2.45) is 0 Å². The highest BCUT2D eigenvalue weighted by Gasteiger charge is 2.48. The number of carbonyl (C=O) groups excluding carboxylic acids is 1. The van der Waals surface area contributed by atoms with Crippen LogP contribution in [0.3, 0.4) is 0 Å². The summed E-state index contributed by atoms with van der Waals surface area (Å²) in [6, 6.07) is 14.0. The largest absolute Gasteiger partial charge is 0.420 e. The highest BCUT2D eigenvalue weighted by atomic mass is 35.5. The van der Waals surface area contributed by atoms with Crippen LogP contribution in [0.5, 0.6) is 0 Å². The van der Waals surface area contributed by atoms with Crippen LogP contribution < -0.4 is 0 Å². The van der Waals surface area contributed by atoms with Gasteiger partial charge in [-0.15, -0.1) is 6.42 Å². The van der Waals surface area contributed by atoms with E-state index in [1.807, 2.05) is 6.07 Å². The summed E-state index contributed by atoms with van der Waals surface area (Å²) in [6.45, 7) is 0.0181. The second kappa shape index (κ2) is 5.25. The van der Waals surface area contributed by atoms with Crippen molar-refractivity contribution in [3.05, 3.63) is 70.2 Å². The van der Waals surface area contributed by atoms with Gasteiger partial charge in [0.2, 0.25) is 0 Å². The van der Waals surface area contributed by atoms with E-state index in [1.165, 1.54) is 0 Å². The molecule has 0 bridgehead atoms. The minimum atomic E-state index is -1.31. The Morgan fingerprint density at radius 1 is 1.19 bits per heavy atom. The first-order chi connectivity index (χ1) is 10.2. The summed E-state index contributed by atoms with van der Waals surface area (Å²) in [5.74, 6) is 0.659. The molecule has 1 unspecified atom stereocenters. The molecule has 0 radical (unpaired) electrons. The van der Waals surface area contributed by atoms with Crippen LogP contribution in [-0.2, 0) is 15.3 Å². The average Bonchev–Trinajstić information content (AvgIpc) is 2.80. The summed E-state index contributed by atoms with van der Waals surface area (Å²) in [7, 11) is 0. The summed E-state index contributed by atoms with van der Waals surface area (Å²) in [5.41, 5.74) is 1.79. The molecule has 1 aliphatic heterocycles. The lowest BCUT2D eigenvalue weighted by Gasteiger charge is -2.28. The molecule has 0 saturated heterocycles. The highest BCUT2D eigenvalue weighted by Crippen LogP contribution is 2.43. The van der Waals surface area contributed by atoms with Gasteiger partial charge >= 0.3 is 5.97 Å².